The summed E-state index contributed by atoms with van der Waals surface area (Å²) in [6.07, 6.45) is -2.68. The van der Waals surface area contributed by atoms with Crippen LogP contribution < -0.4 is 21.7 Å². The van der Waals surface area contributed by atoms with Crippen LogP contribution in [0.15, 0.2) is 30.5 Å². The molecule has 15 heteroatoms. The van der Waals surface area contributed by atoms with Crippen LogP contribution in [-0.2, 0) is 15.8 Å². The van der Waals surface area contributed by atoms with Gasteiger partial charge in [0, 0.05) is 36.6 Å². The molecule has 1 saturated heterocycles. The highest BCUT2D eigenvalue weighted by Crippen LogP contribution is 2.37. The number of primary amides is 1. The second kappa shape index (κ2) is 13.2. The summed E-state index contributed by atoms with van der Waals surface area (Å²) in [6, 6.07) is 5.90. The molecule has 1 aliphatic heterocycles. The van der Waals surface area contributed by atoms with Crippen LogP contribution in [-0.4, -0.2) is 82.9 Å². The van der Waals surface area contributed by atoms with Gasteiger partial charge in [0.15, 0.2) is 0 Å². The lowest BCUT2D eigenvalue weighted by Crippen LogP contribution is -2.47. The van der Waals surface area contributed by atoms with Crippen LogP contribution in [0, 0.1) is 12.5 Å². The monoisotopic (exact) mass is 601 g/mol. The van der Waals surface area contributed by atoms with Crippen molar-refractivity contribution in [3.05, 3.63) is 53.0 Å². The molecule has 1 unspecified atom stereocenters. The molecule has 12 nitrogen and oxygen atoms in total. The van der Waals surface area contributed by atoms with E-state index >= 15 is 0 Å². The summed E-state index contributed by atoms with van der Waals surface area (Å²) < 4.78 is 41.5. The van der Waals surface area contributed by atoms with Crippen molar-refractivity contribution in [1.82, 2.24) is 25.1 Å². The number of amides is 3. The average molecular weight is 602 g/mol. The number of rotatable bonds is 9. The van der Waals surface area contributed by atoms with E-state index in [1.807, 2.05) is 0 Å². The number of nitrogens with two attached hydrogens (primary N) is 1. The van der Waals surface area contributed by atoms with Gasteiger partial charge in [0.2, 0.25) is 11.9 Å². The van der Waals surface area contributed by atoms with Crippen LogP contribution in [0.3, 0.4) is 0 Å². The Hall–Kier alpha value is -4.45. The van der Waals surface area contributed by atoms with Crippen molar-refractivity contribution >= 4 is 35.2 Å². The smallest absolute Gasteiger partial charge is 0.366 e. The van der Waals surface area contributed by atoms with Crippen molar-refractivity contribution in [2.24, 2.45) is 11.7 Å². The molecule has 0 spiro atoms. The van der Waals surface area contributed by atoms with Gasteiger partial charge in [-0.25, -0.2) is 11.6 Å². The molecule has 1 aromatic carbocycles. The minimum Gasteiger partial charge on any atom is -0.366 e. The molecule has 0 bridgehead atoms. The van der Waals surface area contributed by atoms with Gasteiger partial charge in [0.25, 0.3) is 5.91 Å². The van der Waals surface area contributed by atoms with Gasteiger partial charge < -0.3 is 26.2 Å². The van der Waals surface area contributed by atoms with Crippen molar-refractivity contribution in [3.63, 3.8) is 0 Å². The van der Waals surface area contributed by atoms with E-state index in [1.54, 1.807) is 36.2 Å². The molecule has 2 fully saturated rings. The van der Waals surface area contributed by atoms with Crippen LogP contribution in [0.25, 0.3) is 4.85 Å². The molecule has 3 atom stereocenters. The Morgan fingerprint density at radius 3 is 2.42 bits per heavy atom. The number of aromatic nitrogens is 2. The topological polar surface area (TPSA) is 150 Å². The average Bonchev–Trinajstić information content (AvgIpc) is 3.43. The summed E-state index contributed by atoms with van der Waals surface area (Å²) in [7, 11) is 3.84. The fourth-order valence-corrected chi connectivity index (χ4v) is 5.37. The molecular formula is C28H34F3N9O3. The minimum absolute atomic E-state index is 0.118. The summed E-state index contributed by atoms with van der Waals surface area (Å²) in [5, 5.41) is 7.86. The fraction of sp³-hybridized carbons (Fsp3) is 0.500. The van der Waals surface area contributed by atoms with E-state index in [1.165, 1.54) is 0 Å². The second-order valence-corrected chi connectivity index (χ2v) is 10.8. The maximum Gasteiger partial charge on any atom is 0.421 e. The third-order valence-corrected chi connectivity index (χ3v) is 7.89. The Kier molecular flexibility index (Phi) is 9.70. The first kappa shape index (κ1) is 31.5. The lowest BCUT2D eigenvalue weighted by atomic mass is 10.0. The lowest BCUT2D eigenvalue weighted by Gasteiger charge is -2.35. The largest absolute Gasteiger partial charge is 0.421 e. The highest BCUT2D eigenvalue weighted by atomic mass is 19.4. The molecule has 43 heavy (non-hydrogen) atoms. The summed E-state index contributed by atoms with van der Waals surface area (Å²) in [4.78, 5) is 51.9. The number of carbonyl (C=O) groups excluding carboxylic acids is 3. The standard InChI is InChI=1S/C28H34F3N9O3/c1-33-24(22(32)41)37-25(42)19-5-4-6-21(19)36-23-20(28(29,30)31)15-34-27(38-23)35-17-9-7-16(8-10-17)26(43)40(3)18-11-13-39(2)14-12-18/h7-10,15,18-19,21,24H,4-6,11-14H2,2-3H3,(H2,32,41)(H,37,42)(H2,34,35,36,38)/t19-,21+,24?/m0/s1. The van der Waals surface area contributed by atoms with E-state index < -0.39 is 47.5 Å². The zero-order valence-corrected chi connectivity index (χ0v) is 23.8. The number of likely N-dealkylation sites (tertiary alicyclic amines) is 1. The molecule has 230 valence electrons. The maximum absolute atomic E-state index is 13.8. The van der Waals surface area contributed by atoms with Crippen molar-refractivity contribution in [2.45, 2.75) is 56.5 Å². The third kappa shape index (κ3) is 7.69. The predicted octanol–water partition coefficient (Wildman–Crippen LogP) is 2.83. The molecule has 4 rings (SSSR count). The van der Waals surface area contributed by atoms with Crippen molar-refractivity contribution in [1.29, 1.82) is 0 Å². The van der Waals surface area contributed by atoms with Gasteiger partial charge in [-0.15, -0.1) is 0 Å². The Morgan fingerprint density at radius 2 is 1.81 bits per heavy atom. The first-order valence-corrected chi connectivity index (χ1v) is 13.9. The molecule has 2 aliphatic rings. The number of nitrogens with zero attached hydrogens (tertiary/aromatic N) is 5. The van der Waals surface area contributed by atoms with E-state index in [2.05, 4.69) is 42.7 Å². The van der Waals surface area contributed by atoms with Crippen LogP contribution in [0.5, 0.6) is 0 Å². The zero-order valence-electron chi connectivity index (χ0n) is 23.8. The number of alkyl halides is 3. The first-order valence-electron chi connectivity index (χ1n) is 13.9. The summed E-state index contributed by atoms with van der Waals surface area (Å²) >= 11 is 0. The van der Waals surface area contributed by atoms with Gasteiger partial charge in [0.1, 0.15) is 11.4 Å². The van der Waals surface area contributed by atoms with Gasteiger partial charge in [-0.1, -0.05) is 6.42 Å². The Morgan fingerprint density at radius 1 is 1.14 bits per heavy atom. The van der Waals surface area contributed by atoms with Crippen molar-refractivity contribution < 1.29 is 27.6 Å². The molecule has 1 saturated carbocycles. The fourth-order valence-electron chi connectivity index (χ4n) is 5.37. The molecule has 5 N–H and O–H groups in total. The molecule has 0 radical (unpaired) electrons. The minimum atomic E-state index is -4.78. The van der Waals surface area contributed by atoms with Gasteiger partial charge in [-0.05, 0) is 70.1 Å². The summed E-state index contributed by atoms with van der Waals surface area (Å²) in [6.45, 7) is 8.86. The Labute approximate surface area is 247 Å². The number of benzene rings is 1. The van der Waals surface area contributed by atoms with Crippen LogP contribution in [0.4, 0.5) is 30.6 Å². The predicted molar refractivity (Wildman–Crippen MR) is 152 cm³/mol. The molecule has 1 aromatic heterocycles. The quantitative estimate of drug-likeness (QED) is 0.321. The van der Waals surface area contributed by atoms with Crippen LogP contribution >= 0.6 is 0 Å². The van der Waals surface area contributed by atoms with Crippen LogP contribution in [0.2, 0.25) is 0 Å². The molecule has 1 aliphatic carbocycles. The summed E-state index contributed by atoms with van der Waals surface area (Å²) in [5.74, 6) is -3.26. The van der Waals surface area contributed by atoms with E-state index in [-0.39, 0.29) is 17.9 Å². The zero-order chi connectivity index (χ0) is 31.3. The second-order valence-electron chi connectivity index (χ2n) is 10.8. The first-order chi connectivity index (χ1) is 20.4. The SMILES string of the molecule is [C-]#[N+]C(NC(=O)[C@H]1CCC[C@H]1Nc1nc(Nc2ccc(C(=O)N(C)C3CCN(C)CC3)cc2)ncc1C(F)(F)F)C(N)=O. The van der Waals surface area contributed by atoms with Crippen LogP contribution in [0.1, 0.15) is 48.0 Å². The molecule has 2 heterocycles. The van der Waals surface area contributed by atoms with E-state index in [0.717, 1.165) is 25.9 Å². The number of carbonyl (C=O) groups is 3. The molecular weight excluding hydrogens is 567 g/mol. The highest BCUT2D eigenvalue weighted by Gasteiger charge is 2.40. The Balaban J connectivity index is 1.47. The summed E-state index contributed by atoms with van der Waals surface area (Å²) in [5.41, 5.74) is 4.94. The van der Waals surface area contributed by atoms with E-state index in [0.29, 0.717) is 36.7 Å². The molecule has 3 amide bonds. The lowest BCUT2D eigenvalue weighted by molar-refractivity contribution is -0.137. The van der Waals surface area contributed by atoms with E-state index in [4.69, 9.17) is 12.3 Å². The number of nitrogens with one attached hydrogen (secondary N) is 3. The normalized spacial score (nSPS) is 20.1. The number of piperidine rings is 1. The van der Waals surface area contributed by atoms with Crippen molar-refractivity contribution in [2.75, 3.05) is 37.8 Å². The van der Waals surface area contributed by atoms with Gasteiger partial charge in [-0.3, -0.25) is 24.5 Å². The number of hydrogen-bond acceptors (Lipinski definition) is 8. The van der Waals surface area contributed by atoms with E-state index in [9.17, 15) is 27.6 Å². The number of halogens is 3. The highest BCUT2D eigenvalue weighted by molar-refractivity contribution is 5.94. The molecule has 2 aromatic rings. The van der Waals surface area contributed by atoms with Crippen molar-refractivity contribution in [3.8, 4) is 0 Å². The third-order valence-electron chi connectivity index (χ3n) is 7.89. The van der Waals surface area contributed by atoms with Gasteiger partial charge in [0.05, 0.1) is 5.92 Å². The Bertz CT molecular complexity index is 1370. The number of anilines is 3. The van der Waals surface area contributed by atoms with Gasteiger partial charge in [-0.2, -0.15) is 18.2 Å². The maximum atomic E-state index is 13.8. The number of hydrogen-bond donors (Lipinski definition) is 4. The van der Waals surface area contributed by atoms with Gasteiger partial charge >= 0.3 is 18.2 Å².